The first kappa shape index (κ1) is 27.0. The summed E-state index contributed by atoms with van der Waals surface area (Å²) in [5.41, 5.74) is 3.23. The van der Waals surface area contributed by atoms with Crippen molar-refractivity contribution in [3.05, 3.63) is 84.4 Å². The van der Waals surface area contributed by atoms with E-state index in [1.807, 2.05) is 0 Å². The maximum atomic E-state index is 13.5. The lowest BCUT2D eigenvalue weighted by molar-refractivity contribution is -0.168. The second-order valence-electron chi connectivity index (χ2n) is 9.78. The third kappa shape index (κ3) is 4.46. The number of ether oxygens (including phenoxy) is 4. The molecule has 0 radical (unpaired) electrons. The van der Waals surface area contributed by atoms with Gasteiger partial charge in [0.2, 0.25) is 5.60 Å². The minimum Gasteiger partial charge on any atom is -0.446 e. The Morgan fingerprint density at radius 2 is 1.61 bits per heavy atom. The number of carbonyl (C=O) groups excluding carboxylic acids is 2. The van der Waals surface area contributed by atoms with Crippen LogP contribution >= 0.6 is 7.60 Å². The van der Waals surface area contributed by atoms with Gasteiger partial charge in [0.1, 0.15) is 30.4 Å². The van der Waals surface area contributed by atoms with Crippen molar-refractivity contribution in [1.82, 2.24) is 19.5 Å². The van der Waals surface area contributed by atoms with Crippen LogP contribution in [0.25, 0.3) is 11.2 Å². The van der Waals surface area contributed by atoms with Crippen molar-refractivity contribution in [1.29, 1.82) is 0 Å². The molecule has 4 aromatic rings. The van der Waals surface area contributed by atoms with Crippen molar-refractivity contribution in [2.45, 2.75) is 36.6 Å². The van der Waals surface area contributed by atoms with Gasteiger partial charge in [0.15, 0.2) is 23.3 Å². The number of hydrogen-bond acceptors (Lipinski definition) is 11. The van der Waals surface area contributed by atoms with Crippen LogP contribution in [0, 0.1) is 0 Å². The molecular weight excluding hydrogens is 557 g/mol. The Labute approximate surface area is 232 Å². The number of rotatable bonds is 8. The molecule has 1 unspecified atom stereocenters. The molecule has 5 atom stereocenters. The number of nitrogens with zero attached hydrogens (tertiary/aromatic N) is 4. The van der Waals surface area contributed by atoms with Crippen molar-refractivity contribution in [3.63, 3.8) is 0 Å². The van der Waals surface area contributed by atoms with Crippen molar-refractivity contribution in [2.24, 2.45) is 0 Å². The fourth-order valence-electron chi connectivity index (χ4n) is 5.23. The summed E-state index contributed by atoms with van der Waals surface area (Å²) in [5.74, 6) is -1.45. The zero-order valence-corrected chi connectivity index (χ0v) is 22.3. The van der Waals surface area contributed by atoms with Gasteiger partial charge in [-0.25, -0.2) is 24.5 Å². The third-order valence-corrected chi connectivity index (χ3v) is 7.67. The predicted octanol–water partition coefficient (Wildman–Crippen LogP) is 2.05. The minimum atomic E-state index is -4.63. The van der Waals surface area contributed by atoms with E-state index in [0.717, 1.165) is 0 Å². The molecule has 0 spiro atoms. The molecule has 6 rings (SSSR count). The van der Waals surface area contributed by atoms with Crippen LogP contribution in [0.2, 0.25) is 0 Å². The summed E-state index contributed by atoms with van der Waals surface area (Å²) >= 11 is 0. The molecule has 41 heavy (non-hydrogen) atoms. The number of fused-ring (bicyclic) bond motifs is 2. The first-order valence-corrected chi connectivity index (χ1v) is 14.2. The van der Waals surface area contributed by atoms with Crippen molar-refractivity contribution < 1.29 is 42.9 Å². The van der Waals surface area contributed by atoms with Gasteiger partial charge in [0, 0.05) is 0 Å². The Bertz CT molecular complexity index is 1680. The van der Waals surface area contributed by atoms with Gasteiger partial charge in [-0.1, -0.05) is 36.4 Å². The number of nitrogen functional groups attached to an aromatic ring is 1. The van der Waals surface area contributed by atoms with Gasteiger partial charge in [-0.2, -0.15) is 0 Å². The Hall–Kier alpha value is -4.20. The Morgan fingerprint density at radius 3 is 2.22 bits per heavy atom. The number of anilines is 1. The molecule has 2 aromatic heterocycles. The molecule has 1 aliphatic heterocycles. The smallest absolute Gasteiger partial charge is 0.350 e. The van der Waals surface area contributed by atoms with E-state index >= 15 is 0 Å². The van der Waals surface area contributed by atoms with E-state index in [1.54, 1.807) is 48.5 Å². The molecule has 0 amide bonds. The van der Waals surface area contributed by atoms with E-state index < -0.39 is 55.5 Å². The fourth-order valence-corrected chi connectivity index (χ4v) is 5.58. The maximum absolute atomic E-state index is 13.5. The number of carbonyl (C=O) groups is 2. The fraction of sp³-hybridized carbons (Fsp3) is 0.269. The lowest BCUT2D eigenvalue weighted by atomic mass is 9.93. The summed E-state index contributed by atoms with van der Waals surface area (Å²) in [7, 11) is -4.63. The molecule has 0 bridgehead atoms. The van der Waals surface area contributed by atoms with Gasteiger partial charge in [0.25, 0.3) is 0 Å². The first-order chi connectivity index (χ1) is 19.5. The zero-order chi connectivity index (χ0) is 29.0. The minimum absolute atomic E-state index is 0.105. The van der Waals surface area contributed by atoms with Crippen LogP contribution in [-0.4, -0.2) is 71.0 Å². The summed E-state index contributed by atoms with van der Waals surface area (Å²) in [6.07, 6.45) is -1.83. The lowest BCUT2D eigenvalue weighted by Crippen LogP contribution is -2.54. The summed E-state index contributed by atoms with van der Waals surface area (Å²) in [6.45, 7) is 1.49. The standard InChI is InChI=1S/C26H24N5O9P/c1-25(39-22(32)15-8-4-2-5-9-15)24(31-13-30-17-20(27)28-12-29-21(17)31)38-19-18(37-14-41(34,35)36)26(19,25)40-23(33)16-10-6-3-7-11-16/h2-13,18-19,24H,14H2,1H3,(H2,27,28,29)(H2,34,35,36)/t18?,19-,24-,25+,26-/m1/s1. The van der Waals surface area contributed by atoms with Crippen LogP contribution in [0.1, 0.15) is 33.9 Å². The highest BCUT2D eigenvalue weighted by atomic mass is 31.2. The second kappa shape index (κ2) is 9.72. The molecule has 15 heteroatoms. The van der Waals surface area contributed by atoms with Gasteiger partial charge in [-0.05, 0) is 31.2 Å². The zero-order valence-electron chi connectivity index (χ0n) is 21.4. The SMILES string of the molecule is C[C@]1(OC(=O)c2ccccc2)[C@H](n2cnc3c(N)ncnc32)O[C@@H]2C(OCP(=O)(O)O)[C@@]21OC(=O)c1ccccc1. The monoisotopic (exact) mass is 581 g/mol. The van der Waals surface area contributed by atoms with Crippen LogP contribution in [-0.2, 0) is 23.5 Å². The van der Waals surface area contributed by atoms with Crippen LogP contribution in [0.4, 0.5) is 5.82 Å². The van der Waals surface area contributed by atoms with Crippen LogP contribution in [0.3, 0.4) is 0 Å². The van der Waals surface area contributed by atoms with Crippen LogP contribution < -0.4 is 5.73 Å². The molecule has 4 N–H and O–H groups in total. The molecule has 3 heterocycles. The third-order valence-electron chi connectivity index (χ3n) is 7.18. The Kier molecular flexibility index (Phi) is 6.40. The molecule has 1 saturated carbocycles. The topological polar surface area (TPSA) is 198 Å². The Balaban J connectivity index is 1.47. The number of imidazole rings is 1. The summed E-state index contributed by atoms with van der Waals surface area (Å²) in [4.78, 5) is 58.3. The molecule has 2 aromatic carbocycles. The van der Waals surface area contributed by atoms with Gasteiger partial charge in [-0.15, -0.1) is 0 Å². The van der Waals surface area contributed by atoms with E-state index in [4.69, 9.17) is 24.7 Å². The molecule has 1 saturated heterocycles. The van der Waals surface area contributed by atoms with Crippen molar-refractivity contribution in [3.8, 4) is 0 Å². The first-order valence-electron chi connectivity index (χ1n) is 12.4. The number of aromatic nitrogens is 4. The molecule has 2 fully saturated rings. The average molecular weight is 581 g/mol. The van der Waals surface area contributed by atoms with Gasteiger partial charge < -0.3 is 34.5 Å². The molecule has 1 aliphatic carbocycles. The van der Waals surface area contributed by atoms with Crippen molar-refractivity contribution in [2.75, 3.05) is 12.1 Å². The van der Waals surface area contributed by atoms with Gasteiger partial charge in [-0.3, -0.25) is 9.13 Å². The number of hydrogen-bond donors (Lipinski definition) is 3. The Morgan fingerprint density at radius 1 is 1.00 bits per heavy atom. The van der Waals surface area contributed by atoms with E-state index in [0.29, 0.717) is 0 Å². The highest BCUT2D eigenvalue weighted by Crippen LogP contribution is 2.65. The largest absolute Gasteiger partial charge is 0.446 e. The molecule has 212 valence electrons. The van der Waals surface area contributed by atoms with E-state index in [-0.39, 0.29) is 28.1 Å². The quantitative estimate of drug-likeness (QED) is 0.202. The van der Waals surface area contributed by atoms with E-state index in [9.17, 15) is 23.9 Å². The number of benzene rings is 2. The van der Waals surface area contributed by atoms with Crippen molar-refractivity contribution >= 4 is 36.5 Å². The summed E-state index contributed by atoms with van der Waals surface area (Å²) in [6, 6.07) is 16.2. The van der Waals surface area contributed by atoms with E-state index in [2.05, 4.69) is 15.0 Å². The second-order valence-corrected chi connectivity index (χ2v) is 11.4. The van der Waals surface area contributed by atoms with Gasteiger partial charge >= 0.3 is 19.5 Å². The van der Waals surface area contributed by atoms with Gasteiger partial charge in [0.05, 0.1) is 17.5 Å². The van der Waals surface area contributed by atoms with Crippen LogP contribution in [0.15, 0.2) is 73.3 Å². The highest BCUT2D eigenvalue weighted by molar-refractivity contribution is 7.51. The predicted molar refractivity (Wildman–Crippen MR) is 140 cm³/mol. The maximum Gasteiger partial charge on any atom is 0.350 e. The molecular formula is C26H24N5O9P. The average Bonchev–Trinajstić information content (AvgIpc) is 3.21. The molecule has 14 nitrogen and oxygen atoms in total. The number of esters is 2. The number of nitrogens with two attached hydrogens (primary N) is 1. The summed E-state index contributed by atoms with van der Waals surface area (Å²) < 4.78 is 37.2. The van der Waals surface area contributed by atoms with E-state index in [1.165, 1.54) is 36.3 Å². The molecule has 2 aliphatic rings. The van der Waals surface area contributed by atoms with Crippen LogP contribution in [0.5, 0.6) is 0 Å². The summed E-state index contributed by atoms with van der Waals surface area (Å²) in [5, 5.41) is 0. The normalized spacial score (nSPS) is 26.9. The highest BCUT2D eigenvalue weighted by Gasteiger charge is 2.88. The lowest BCUT2D eigenvalue weighted by Gasteiger charge is -2.38.